The normalized spacial score (nSPS) is 24.9. The van der Waals surface area contributed by atoms with Crippen molar-refractivity contribution >= 4 is 40.2 Å². The van der Waals surface area contributed by atoms with Crippen LogP contribution in [-0.4, -0.2) is 15.0 Å². The minimum absolute atomic E-state index is 0.0960. The van der Waals surface area contributed by atoms with E-state index in [4.69, 9.17) is 21.4 Å². The Hall–Kier alpha value is -1.22. The van der Waals surface area contributed by atoms with E-state index in [9.17, 15) is 18.0 Å². The second-order valence-corrected chi connectivity index (χ2v) is 8.55. The molecule has 0 aliphatic heterocycles. The highest BCUT2D eigenvalue weighted by molar-refractivity contribution is 14.1. The number of halogens is 5. The summed E-state index contributed by atoms with van der Waals surface area (Å²) >= 11 is 8.12. The van der Waals surface area contributed by atoms with E-state index in [0.717, 1.165) is 43.4 Å². The van der Waals surface area contributed by atoms with Crippen molar-refractivity contribution in [3.8, 4) is 5.75 Å². The Labute approximate surface area is 173 Å². The lowest BCUT2D eigenvalue weighted by Gasteiger charge is -2.16. The molecule has 1 saturated carbocycles. The third kappa shape index (κ3) is 4.99. The molecule has 27 heavy (non-hydrogen) atoms. The van der Waals surface area contributed by atoms with Crippen LogP contribution >= 0.6 is 34.2 Å². The summed E-state index contributed by atoms with van der Waals surface area (Å²) in [6.07, 6.45) is 2.52. The van der Waals surface area contributed by atoms with Crippen molar-refractivity contribution in [1.29, 1.82) is 0 Å². The largest absolute Gasteiger partial charge is 0.481 e. The first-order valence-corrected chi connectivity index (χ1v) is 10.1. The van der Waals surface area contributed by atoms with Gasteiger partial charge in [0.25, 0.3) is 0 Å². The number of rotatable bonds is 6. The van der Waals surface area contributed by atoms with Gasteiger partial charge in [-0.3, -0.25) is 4.79 Å². The van der Waals surface area contributed by atoms with Crippen molar-refractivity contribution < 1.29 is 27.8 Å². The van der Waals surface area contributed by atoms with Crippen molar-refractivity contribution in [1.82, 2.24) is 0 Å². The molecule has 3 rings (SSSR count). The summed E-state index contributed by atoms with van der Waals surface area (Å²) in [5, 5.41) is 9.01. The van der Waals surface area contributed by atoms with Gasteiger partial charge in [-0.05, 0) is 62.0 Å². The zero-order valence-electron chi connectivity index (χ0n) is 14.1. The summed E-state index contributed by atoms with van der Waals surface area (Å²) in [6, 6.07) is 3.01. The molecular formula is C19H17ClF3IO3. The molecule has 1 aromatic carbocycles. The lowest BCUT2D eigenvalue weighted by atomic mass is 9.98. The van der Waals surface area contributed by atoms with Crippen molar-refractivity contribution in [2.24, 2.45) is 11.8 Å². The number of carboxylic acid groups (broad SMARTS) is 1. The van der Waals surface area contributed by atoms with Crippen LogP contribution in [-0.2, 0) is 11.0 Å². The van der Waals surface area contributed by atoms with E-state index < -0.39 is 17.7 Å². The molecule has 3 atom stereocenters. The Morgan fingerprint density at radius 1 is 1.37 bits per heavy atom. The van der Waals surface area contributed by atoms with E-state index in [1.54, 1.807) is 0 Å². The van der Waals surface area contributed by atoms with Crippen LogP contribution < -0.4 is 4.74 Å². The first-order chi connectivity index (χ1) is 12.7. The van der Waals surface area contributed by atoms with Crippen LogP contribution in [0.5, 0.6) is 5.75 Å². The second-order valence-electron chi connectivity index (χ2n) is 6.70. The van der Waals surface area contributed by atoms with Gasteiger partial charge in [0.15, 0.2) is 0 Å². The Morgan fingerprint density at radius 3 is 2.70 bits per heavy atom. The number of alkyl halides is 4. The molecule has 1 N–H and O–H groups in total. The van der Waals surface area contributed by atoms with E-state index in [-0.39, 0.29) is 26.5 Å². The van der Waals surface area contributed by atoms with E-state index >= 15 is 0 Å². The fourth-order valence-corrected chi connectivity index (χ4v) is 4.86. The minimum Gasteiger partial charge on any atom is -0.481 e. The van der Waals surface area contributed by atoms with Crippen molar-refractivity contribution in [2.75, 3.05) is 0 Å². The highest BCUT2D eigenvalue weighted by Gasteiger charge is 2.52. The topological polar surface area (TPSA) is 46.5 Å². The number of allylic oxidation sites excluding steroid dienone is 3. The molecule has 8 heteroatoms. The van der Waals surface area contributed by atoms with Crippen LogP contribution in [0, 0.1) is 11.8 Å². The van der Waals surface area contributed by atoms with Gasteiger partial charge in [0, 0.05) is 3.92 Å². The monoisotopic (exact) mass is 512 g/mol. The van der Waals surface area contributed by atoms with Gasteiger partial charge in [-0.25, -0.2) is 0 Å². The third-order valence-electron chi connectivity index (χ3n) is 4.80. The molecule has 2 aliphatic rings. The molecule has 0 radical (unpaired) electrons. The molecule has 0 unspecified atom stereocenters. The van der Waals surface area contributed by atoms with Crippen LogP contribution in [0.15, 0.2) is 41.7 Å². The first kappa shape index (κ1) is 20.5. The lowest BCUT2D eigenvalue weighted by Crippen LogP contribution is -2.05. The molecule has 0 aromatic heterocycles. The maximum absolute atomic E-state index is 12.7. The van der Waals surface area contributed by atoms with Gasteiger partial charge in [-0.1, -0.05) is 39.8 Å². The highest BCUT2D eigenvalue weighted by Crippen LogP contribution is 2.49. The maximum Gasteiger partial charge on any atom is 0.416 e. The minimum atomic E-state index is -4.45. The fourth-order valence-electron chi connectivity index (χ4n) is 3.23. The first-order valence-electron chi connectivity index (χ1n) is 8.48. The molecule has 2 aliphatic carbocycles. The standard InChI is InChI=1S/C19H17ClF3IO3/c20-14-9-11(19(21,22)23)5-7-15(14)27-12-3-1-2-10(8-12)4-6-13-16(17(13)24)18(25)26/h3,5,7-9,13,16-17H,1-2,4,6H2,(H,25,26)/t13-,16-,17-/m0/s1. The molecule has 0 spiro atoms. The van der Waals surface area contributed by atoms with Crippen LogP contribution in [0.2, 0.25) is 5.02 Å². The molecule has 0 bridgehead atoms. The van der Waals surface area contributed by atoms with Crippen LogP contribution in [0.3, 0.4) is 0 Å². The zero-order valence-corrected chi connectivity index (χ0v) is 17.0. The molecular weight excluding hydrogens is 496 g/mol. The number of benzene rings is 1. The Kier molecular flexibility index (Phi) is 6.10. The van der Waals surface area contributed by atoms with Crippen molar-refractivity contribution in [3.63, 3.8) is 0 Å². The van der Waals surface area contributed by atoms with Gasteiger partial charge < -0.3 is 9.84 Å². The quantitative estimate of drug-likeness (QED) is 0.362. The Morgan fingerprint density at radius 2 is 2.11 bits per heavy atom. The molecule has 146 valence electrons. The molecule has 3 nitrogen and oxygen atoms in total. The maximum atomic E-state index is 12.7. The average molecular weight is 513 g/mol. The zero-order chi connectivity index (χ0) is 19.8. The summed E-state index contributed by atoms with van der Waals surface area (Å²) in [7, 11) is 0. The van der Waals surface area contributed by atoms with Crippen LogP contribution in [0.25, 0.3) is 0 Å². The van der Waals surface area contributed by atoms with Gasteiger partial charge in [0.1, 0.15) is 11.5 Å². The summed E-state index contributed by atoms with van der Waals surface area (Å²) in [5.74, 6) is -0.0723. The lowest BCUT2D eigenvalue weighted by molar-refractivity contribution is -0.139. The molecule has 1 fully saturated rings. The second kappa shape index (κ2) is 8.03. The fraction of sp³-hybridized carbons (Fsp3) is 0.421. The average Bonchev–Trinajstić information content (AvgIpc) is 3.24. The molecule has 1 aromatic rings. The Balaban J connectivity index is 1.61. The van der Waals surface area contributed by atoms with Gasteiger partial charge in [-0.15, -0.1) is 0 Å². The number of carboxylic acids is 1. The van der Waals surface area contributed by atoms with Crippen molar-refractivity contribution in [2.45, 2.75) is 35.8 Å². The SMILES string of the molecule is O=C(O)[C@@H]1[C@@H](I)[C@H]1CCC1=CC(Oc2ccc(C(F)(F)F)cc2Cl)=CCC1. The van der Waals surface area contributed by atoms with E-state index in [1.807, 2.05) is 12.2 Å². The predicted octanol–water partition coefficient (Wildman–Crippen LogP) is 6.26. The van der Waals surface area contributed by atoms with E-state index in [2.05, 4.69) is 22.6 Å². The number of ether oxygens (including phenoxy) is 1. The summed E-state index contributed by atoms with van der Waals surface area (Å²) in [6.45, 7) is 0. The summed E-state index contributed by atoms with van der Waals surface area (Å²) < 4.78 is 44.0. The van der Waals surface area contributed by atoms with E-state index in [0.29, 0.717) is 5.76 Å². The molecule has 0 heterocycles. The highest BCUT2D eigenvalue weighted by atomic mass is 127. The van der Waals surface area contributed by atoms with Gasteiger partial charge in [0.2, 0.25) is 0 Å². The van der Waals surface area contributed by atoms with E-state index in [1.165, 1.54) is 6.07 Å². The summed E-state index contributed by atoms with van der Waals surface area (Å²) in [4.78, 5) is 11.1. The summed E-state index contributed by atoms with van der Waals surface area (Å²) in [5.41, 5.74) is 0.328. The number of carbonyl (C=O) groups is 1. The molecule has 0 saturated heterocycles. The number of hydrogen-bond donors (Lipinski definition) is 1. The molecule has 0 amide bonds. The van der Waals surface area contributed by atoms with Gasteiger partial charge in [-0.2, -0.15) is 13.2 Å². The number of aliphatic carboxylic acids is 1. The van der Waals surface area contributed by atoms with Crippen LogP contribution in [0.4, 0.5) is 13.2 Å². The Bertz CT molecular complexity index is 804. The van der Waals surface area contributed by atoms with Gasteiger partial charge in [0.05, 0.1) is 16.5 Å². The van der Waals surface area contributed by atoms with Crippen LogP contribution in [0.1, 0.15) is 31.2 Å². The smallest absolute Gasteiger partial charge is 0.416 e. The number of hydrogen-bond acceptors (Lipinski definition) is 2. The van der Waals surface area contributed by atoms with Gasteiger partial charge >= 0.3 is 12.1 Å². The third-order valence-corrected chi connectivity index (χ3v) is 6.79. The predicted molar refractivity (Wildman–Crippen MR) is 104 cm³/mol. The van der Waals surface area contributed by atoms with Crippen molar-refractivity contribution in [3.05, 3.63) is 52.3 Å².